The van der Waals surface area contributed by atoms with Gasteiger partial charge in [0, 0.05) is 45.0 Å². The summed E-state index contributed by atoms with van der Waals surface area (Å²) in [6.45, 7) is 6.05. The number of anilines is 1. The number of amides is 2. The van der Waals surface area contributed by atoms with Gasteiger partial charge in [0.15, 0.2) is 5.75 Å². The number of benzene rings is 1. The van der Waals surface area contributed by atoms with Gasteiger partial charge in [0.25, 0.3) is 5.91 Å². The number of nitrogens with zero attached hydrogens (tertiary/aromatic N) is 4. The second-order valence-electron chi connectivity index (χ2n) is 9.69. The predicted molar refractivity (Wildman–Crippen MR) is 135 cm³/mol. The first kappa shape index (κ1) is 23.8. The van der Waals surface area contributed by atoms with Gasteiger partial charge in [-0.05, 0) is 50.1 Å². The van der Waals surface area contributed by atoms with Crippen LogP contribution in [0.25, 0.3) is 0 Å². The molecule has 2 aromatic rings. The number of piperazine rings is 1. The number of nitrogens with one attached hydrogen (secondary N) is 1. The third-order valence-corrected chi connectivity index (χ3v) is 7.38. The monoisotopic (exact) mass is 477 g/mol. The molecule has 1 N–H and O–H groups in total. The number of para-hydroxylation sites is 2. The van der Waals surface area contributed by atoms with Crippen molar-refractivity contribution >= 4 is 17.5 Å². The maximum atomic E-state index is 13.2. The molecule has 35 heavy (non-hydrogen) atoms. The van der Waals surface area contributed by atoms with Crippen molar-refractivity contribution in [3.63, 3.8) is 0 Å². The van der Waals surface area contributed by atoms with Gasteiger partial charge in [0.1, 0.15) is 12.1 Å². The Morgan fingerprint density at radius 2 is 1.83 bits per heavy atom. The van der Waals surface area contributed by atoms with E-state index in [2.05, 4.69) is 20.1 Å². The number of carbonyl (C=O) groups is 2. The van der Waals surface area contributed by atoms with Crippen LogP contribution in [0.4, 0.5) is 5.69 Å². The third-order valence-electron chi connectivity index (χ3n) is 7.38. The Labute approximate surface area is 207 Å². The Hall–Kier alpha value is -2.97. The zero-order valence-electron chi connectivity index (χ0n) is 20.3. The Kier molecular flexibility index (Phi) is 7.59. The van der Waals surface area contributed by atoms with E-state index in [1.165, 1.54) is 37.0 Å². The summed E-state index contributed by atoms with van der Waals surface area (Å²) in [7, 11) is 0. The molecule has 8 heteroatoms. The van der Waals surface area contributed by atoms with E-state index in [1.807, 2.05) is 12.1 Å². The lowest BCUT2D eigenvalue weighted by Gasteiger charge is -2.40. The van der Waals surface area contributed by atoms with E-state index in [-0.39, 0.29) is 24.2 Å². The highest BCUT2D eigenvalue weighted by Crippen LogP contribution is 2.37. The molecule has 1 aromatic carbocycles. The van der Waals surface area contributed by atoms with Crippen molar-refractivity contribution in [3.05, 3.63) is 48.2 Å². The van der Waals surface area contributed by atoms with Crippen molar-refractivity contribution in [1.82, 2.24) is 20.1 Å². The normalized spacial score (nSPS) is 19.4. The number of hydrogen-bond donors (Lipinski definition) is 1. The summed E-state index contributed by atoms with van der Waals surface area (Å²) in [5.41, 5.74) is 0.922. The van der Waals surface area contributed by atoms with Crippen LogP contribution >= 0.6 is 0 Å². The van der Waals surface area contributed by atoms with Crippen LogP contribution in [0, 0.1) is 0 Å². The van der Waals surface area contributed by atoms with Gasteiger partial charge in [-0.2, -0.15) is 0 Å². The number of carbonyl (C=O) groups excluding carboxylic acids is 2. The summed E-state index contributed by atoms with van der Waals surface area (Å²) in [4.78, 5) is 36.9. The number of ether oxygens (including phenoxy) is 1. The minimum Gasteiger partial charge on any atom is -0.436 e. The number of rotatable bonds is 7. The van der Waals surface area contributed by atoms with Crippen LogP contribution in [-0.4, -0.2) is 78.5 Å². The van der Waals surface area contributed by atoms with E-state index < -0.39 is 0 Å². The molecule has 1 saturated carbocycles. The van der Waals surface area contributed by atoms with Gasteiger partial charge in [-0.15, -0.1) is 0 Å². The minimum atomic E-state index is -0.288. The van der Waals surface area contributed by atoms with E-state index in [0.29, 0.717) is 23.5 Å². The zero-order valence-corrected chi connectivity index (χ0v) is 20.3. The number of aromatic nitrogens is 1. The highest BCUT2D eigenvalue weighted by molar-refractivity contribution is 6.11. The van der Waals surface area contributed by atoms with Crippen molar-refractivity contribution in [3.8, 4) is 11.6 Å². The average molecular weight is 478 g/mol. The van der Waals surface area contributed by atoms with Crippen molar-refractivity contribution < 1.29 is 14.3 Å². The molecule has 0 radical (unpaired) electrons. The standard InChI is InChI=1S/C27H35N5O3/c33-25(28-14-7-15-30-16-18-31(19-17-30)21-8-2-1-3-9-21)20-32-23-11-4-5-12-24(23)35-26-22(27(32)34)10-6-13-29-26/h4-6,10-13,21H,1-3,7-9,14-20H2,(H,28,33). The lowest BCUT2D eigenvalue weighted by molar-refractivity contribution is -0.119. The summed E-state index contributed by atoms with van der Waals surface area (Å²) in [6.07, 6.45) is 9.39. The highest BCUT2D eigenvalue weighted by atomic mass is 16.5. The van der Waals surface area contributed by atoms with Crippen LogP contribution in [0.5, 0.6) is 11.6 Å². The van der Waals surface area contributed by atoms with Crippen LogP contribution in [0.2, 0.25) is 0 Å². The summed E-state index contributed by atoms with van der Waals surface area (Å²) in [6, 6.07) is 11.4. The van der Waals surface area contributed by atoms with Gasteiger partial charge in [0.05, 0.1) is 5.69 Å². The maximum Gasteiger partial charge on any atom is 0.264 e. The average Bonchev–Trinajstić information content (AvgIpc) is 3.02. The predicted octanol–water partition coefficient (Wildman–Crippen LogP) is 3.29. The molecule has 186 valence electrons. The van der Waals surface area contributed by atoms with Crippen LogP contribution in [0.1, 0.15) is 48.9 Å². The van der Waals surface area contributed by atoms with Gasteiger partial charge in [-0.1, -0.05) is 31.4 Å². The number of fused-ring (bicyclic) bond motifs is 2. The first-order chi connectivity index (χ1) is 17.2. The quantitative estimate of drug-likeness (QED) is 0.617. The molecule has 1 saturated heterocycles. The molecule has 8 nitrogen and oxygen atoms in total. The Morgan fingerprint density at radius 3 is 2.66 bits per heavy atom. The molecule has 0 atom stereocenters. The molecule has 0 spiro atoms. The second kappa shape index (κ2) is 11.2. The van der Waals surface area contributed by atoms with E-state index in [0.717, 1.165) is 45.2 Å². The van der Waals surface area contributed by atoms with E-state index >= 15 is 0 Å². The first-order valence-electron chi connectivity index (χ1n) is 13.0. The van der Waals surface area contributed by atoms with Gasteiger partial charge in [-0.25, -0.2) is 4.98 Å². The van der Waals surface area contributed by atoms with E-state index in [9.17, 15) is 9.59 Å². The molecule has 1 aromatic heterocycles. The minimum absolute atomic E-state index is 0.0619. The van der Waals surface area contributed by atoms with E-state index in [4.69, 9.17) is 4.74 Å². The van der Waals surface area contributed by atoms with Crippen molar-refractivity contribution in [2.24, 2.45) is 0 Å². The third kappa shape index (κ3) is 5.65. The molecule has 1 aliphatic carbocycles. The van der Waals surface area contributed by atoms with Gasteiger partial charge in [0.2, 0.25) is 11.8 Å². The number of hydrogen-bond acceptors (Lipinski definition) is 6. The largest absolute Gasteiger partial charge is 0.436 e. The maximum absolute atomic E-state index is 13.2. The fourth-order valence-electron chi connectivity index (χ4n) is 5.45. The fourth-order valence-corrected chi connectivity index (χ4v) is 5.45. The van der Waals surface area contributed by atoms with Crippen LogP contribution in [0.15, 0.2) is 42.6 Å². The van der Waals surface area contributed by atoms with Crippen LogP contribution < -0.4 is 15.0 Å². The lowest BCUT2D eigenvalue weighted by Crippen LogP contribution is -2.51. The molecule has 0 unspecified atom stereocenters. The first-order valence-corrected chi connectivity index (χ1v) is 13.0. The molecule has 2 fully saturated rings. The van der Waals surface area contributed by atoms with Crippen molar-refractivity contribution in [1.29, 1.82) is 0 Å². The Bertz CT molecular complexity index is 1030. The van der Waals surface area contributed by atoms with E-state index in [1.54, 1.807) is 30.5 Å². The van der Waals surface area contributed by atoms with Gasteiger partial charge in [-0.3, -0.25) is 19.4 Å². The molecule has 3 aliphatic rings. The second-order valence-corrected chi connectivity index (χ2v) is 9.69. The molecular formula is C27H35N5O3. The summed E-state index contributed by atoms with van der Waals surface area (Å²) >= 11 is 0. The molecular weight excluding hydrogens is 442 g/mol. The smallest absolute Gasteiger partial charge is 0.264 e. The van der Waals surface area contributed by atoms with Gasteiger partial charge >= 0.3 is 0 Å². The zero-order chi connectivity index (χ0) is 24.0. The topological polar surface area (TPSA) is 78.0 Å². The van der Waals surface area contributed by atoms with Crippen LogP contribution in [-0.2, 0) is 4.79 Å². The molecule has 2 amide bonds. The molecule has 5 rings (SSSR count). The summed E-state index contributed by atoms with van der Waals surface area (Å²) in [5.74, 6) is 0.307. The number of pyridine rings is 1. The molecule has 0 bridgehead atoms. The van der Waals surface area contributed by atoms with Crippen molar-refractivity contribution in [2.45, 2.75) is 44.6 Å². The fraction of sp³-hybridized carbons (Fsp3) is 0.519. The van der Waals surface area contributed by atoms with Crippen LogP contribution in [0.3, 0.4) is 0 Å². The lowest BCUT2D eigenvalue weighted by atomic mass is 9.94. The Morgan fingerprint density at radius 1 is 1.03 bits per heavy atom. The summed E-state index contributed by atoms with van der Waals surface area (Å²) < 4.78 is 5.88. The van der Waals surface area contributed by atoms with Gasteiger partial charge < -0.3 is 15.0 Å². The highest BCUT2D eigenvalue weighted by Gasteiger charge is 2.30. The summed E-state index contributed by atoms with van der Waals surface area (Å²) in [5, 5.41) is 3.00. The Balaban J connectivity index is 1.09. The molecule has 2 aliphatic heterocycles. The SMILES string of the molecule is O=C(CN1C(=O)c2cccnc2Oc2ccccc21)NCCCN1CCN(C2CCCCC2)CC1. The van der Waals surface area contributed by atoms with Crippen molar-refractivity contribution in [2.75, 3.05) is 50.7 Å². The molecule has 3 heterocycles.